The highest BCUT2D eigenvalue weighted by Gasteiger charge is 2.16. The third-order valence-electron chi connectivity index (χ3n) is 1.68. The van der Waals surface area contributed by atoms with Crippen LogP contribution in [0, 0.1) is 0 Å². The van der Waals surface area contributed by atoms with E-state index in [1.807, 2.05) is 0 Å². The van der Waals surface area contributed by atoms with Crippen molar-refractivity contribution in [2.45, 2.75) is 6.42 Å². The monoisotopic (exact) mass is 246 g/mol. The van der Waals surface area contributed by atoms with Gasteiger partial charge in [-0.25, -0.2) is 0 Å². The minimum atomic E-state index is -4.17. The molecule has 3 N–H and O–H groups in total. The first-order chi connectivity index (χ1) is 7.37. The fourth-order valence-corrected chi connectivity index (χ4v) is 1.41. The van der Waals surface area contributed by atoms with E-state index in [0.717, 1.165) is 0 Å². The van der Waals surface area contributed by atoms with Gasteiger partial charge in [0.1, 0.15) is 11.5 Å². The summed E-state index contributed by atoms with van der Waals surface area (Å²) in [4.78, 5) is 28.2. The maximum atomic E-state index is 11.1. The largest absolute Gasteiger partial charge is 0.508 e. The number of phenolic OH excluding ortho intramolecular Hbond substituents is 1. The number of ether oxygens (including phenoxy) is 1. The first kappa shape index (κ1) is 12.7. The van der Waals surface area contributed by atoms with Gasteiger partial charge in [0.2, 0.25) is 0 Å². The van der Waals surface area contributed by atoms with Gasteiger partial charge in [-0.1, -0.05) is 0 Å². The molecule has 0 saturated carbocycles. The number of phenols is 1. The van der Waals surface area contributed by atoms with Gasteiger partial charge in [-0.15, -0.1) is 0 Å². The van der Waals surface area contributed by atoms with Gasteiger partial charge in [-0.3, -0.25) is 9.36 Å². The zero-order valence-electron chi connectivity index (χ0n) is 8.24. The van der Waals surface area contributed by atoms with E-state index in [9.17, 15) is 9.36 Å². The van der Waals surface area contributed by atoms with Gasteiger partial charge in [-0.2, -0.15) is 0 Å². The molecule has 16 heavy (non-hydrogen) atoms. The Labute approximate surface area is 91.6 Å². The SMILES string of the molecule is O=C(CCP(=O)(O)O)Oc1ccc(O)cc1. The third kappa shape index (κ3) is 4.93. The second kappa shape index (κ2) is 5.12. The van der Waals surface area contributed by atoms with Crippen molar-refractivity contribution in [3.8, 4) is 11.5 Å². The van der Waals surface area contributed by atoms with Crippen LogP contribution in [0.25, 0.3) is 0 Å². The quantitative estimate of drug-likeness (QED) is 0.413. The summed E-state index contributed by atoms with van der Waals surface area (Å²) in [5.74, 6) is -0.474. The van der Waals surface area contributed by atoms with Crippen molar-refractivity contribution in [3.05, 3.63) is 24.3 Å². The maximum absolute atomic E-state index is 11.1. The van der Waals surface area contributed by atoms with Crippen molar-refractivity contribution in [3.63, 3.8) is 0 Å². The van der Waals surface area contributed by atoms with Gasteiger partial charge >= 0.3 is 13.6 Å². The number of carbonyl (C=O) groups is 1. The molecule has 6 nitrogen and oxygen atoms in total. The molecule has 0 aliphatic rings. The predicted molar refractivity (Wildman–Crippen MR) is 55.3 cm³/mol. The van der Waals surface area contributed by atoms with Gasteiger partial charge in [-0.05, 0) is 24.3 Å². The minimum absolute atomic E-state index is 0.0371. The summed E-state index contributed by atoms with van der Waals surface area (Å²) in [7, 11) is -4.17. The molecular formula is C9H11O6P. The number of esters is 1. The molecule has 0 aliphatic heterocycles. The molecule has 0 unspecified atom stereocenters. The summed E-state index contributed by atoms with van der Waals surface area (Å²) in [6, 6.07) is 5.44. The van der Waals surface area contributed by atoms with Crippen LogP contribution in [0.4, 0.5) is 0 Å². The fraction of sp³-hybridized carbons (Fsp3) is 0.222. The molecule has 0 aromatic heterocycles. The van der Waals surface area contributed by atoms with Crippen molar-refractivity contribution in [1.29, 1.82) is 0 Å². The van der Waals surface area contributed by atoms with Crippen LogP contribution in [-0.4, -0.2) is 27.0 Å². The highest BCUT2D eigenvalue weighted by Crippen LogP contribution is 2.34. The van der Waals surface area contributed by atoms with Crippen molar-refractivity contribution < 1.29 is 29.0 Å². The molecule has 1 rings (SSSR count). The van der Waals surface area contributed by atoms with E-state index in [1.54, 1.807) is 0 Å². The summed E-state index contributed by atoms with van der Waals surface area (Å²) >= 11 is 0. The molecule has 0 aliphatic carbocycles. The standard InChI is InChI=1S/C9H11O6P/c10-7-1-3-8(4-2-7)15-9(11)5-6-16(12,13)14/h1-4,10H,5-6H2,(H2,12,13,14). The van der Waals surface area contributed by atoms with Crippen LogP contribution in [0.15, 0.2) is 24.3 Å². The number of aromatic hydroxyl groups is 1. The zero-order chi connectivity index (χ0) is 12.2. The lowest BCUT2D eigenvalue weighted by molar-refractivity contribution is -0.134. The van der Waals surface area contributed by atoms with E-state index < -0.39 is 19.7 Å². The zero-order valence-corrected chi connectivity index (χ0v) is 9.13. The molecule has 0 spiro atoms. The highest BCUT2D eigenvalue weighted by atomic mass is 31.2. The molecule has 1 aromatic carbocycles. The fourth-order valence-electron chi connectivity index (χ4n) is 0.934. The van der Waals surface area contributed by atoms with Crippen LogP contribution in [0.3, 0.4) is 0 Å². The Morgan fingerprint density at radius 2 is 1.81 bits per heavy atom. The number of benzene rings is 1. The van der Waals surface area contributed by atoms with Crippen molar-refractivity contribution in [2.24, 2.45) is 0 Å². The van der Waals surface area contributed by atoms with E-state index in [0.29, 0.717) is 0 Å². The van der Waals surface area contributed by atoms with Crippen LogP contribution in [0.5, 0.6) is 11.5 Å². The normalized spacial score (nSPS) is 11.1. The summed E-state index contributed by atoms with van der Waals surface area (Å²) < 4.78 is 15.3. The predicted octanol–water partition coefficient (Wildman–Crippen LogP) is 0.865. The van der Waals surface area contributed by atoms with Crippen molar-refractivity contribution in [2.75, 3.05) is 6.16 Å². The molecule has 7 heteroatoms. The summed E-state index contributed by atoms with van der Waals surface area (Å²) in [5.41, 5.74) is 0. The minimum Gasteiger partial charge on any atom is -0.508 e. The maximum Gasteiger partial charge on any atom is 0.326 e. The second-order valence-corrected chi connectivity index (χ2v) is 4.88. The van der Waals surface area contributed by atoms with Crippen LogP contribution in [-0.2, 0) is 9.36 Å². The van der Waals surface area contributed by atoms with Crippen LogP contribution < -0.4 is 4.74 Å². The Kier molecular flexibility index (Phi) is 4.06. The smallest absolute Gasteiger partial charge is 0.326 e. The molecule has 0 fully saturated rings. The summed E-state index contributed by atoms with van der Waals surface area (Å²) in [5, 5.41) is 8.96. The Balaban J connectivity index is 2.46. The molecule has 1 aromatic rings. The molecule has 0 atom stereocenters. The number of carbonyl (C=O) groups excluding carboxylic acids is 1. The summed E-state index contributed by atoms with van der Waals surface area (Å²) in [6.45, 7) is 0. The Morgan fingerprint density at radius 1 is 1.25 bits per heavy atom. The second-order valence-electron chi connectivity index (χ2n) is 3.11. The van der Waals surface area contributed by atoms with E-state index in [-0.39, 0.29) is 17.9 Å². The van der Waals surface area contributed by atoms with E-state index in [1.165, 1.54) is 24.3 Å². The van der Waals surface area contributed by atoms with Crippen LogP contribution in [0.2, 0.25) is 0 Å². The molecule has 0 heterocycles. The van der Waals surface area contributed by atoms with Gasteiger partial charge in [0.15, 0.2) is 0 Å². The number of hydrogen-bond donors (Lipinski definition) is 3. The molecule has 0 bridgehead atoms. The lowest BCUT2D eigenvalue weighted by Gasteiger charge is -2.05. The molecule has 0 amide bonds. The third-order valence-corrected chi connectivity index (χ3v) is 2.48. The average molecular weight is 246 g/mol. The molecule has 88 valence electrons. The van der Waals surface area contributed by atoms with Crippen molar-refractivity contribution in [1.82, 2.24) is 0 Å². The Morgan fingerprint density at radius 3 is 2.31 bits per heavy atom. The molecule has 0 radical (unpaired) electrons. The Bertz CT molecular complexity index is 407. The van der Waals surface area contributed by atoms with Gasteiger partial charge in [0, 0.05) is 0 Å². The van der Waals surface area contributed by atoms with Crippen LogP contribution in [0.1, 0.15) is 6.42 Å². The van der Waals surface area contributed by atoms with Crippen molar-refractivity contribution >= 4 is 13.6 Å². The lowest BCUT2D eigenvalue weighted by Crippen LogP contribution is -2.09. The topological polar surface area (TPSA) is 104 Å². The average Bonchev–Trinajstić information content (AvgIpc) is 2.18. The lowest BCUT2D eigenvalue weighted by atomic mass is 10.3. The Hall–Kier alpha value is -1.36. The molecular weight excluding hydrogens is 235 g/mol. The van der Waals surface area contributed by atoms with Gasteiger partial charge in [0.05, 0.1) is 12.6 Å². The highest BCUT2D eigenvalue weighted by molar-refractivity contribution is 7.51. The van der Waals surface area contributed by atoms with Gasteiger partial charge < -0.3 is 19.6 Å². The first-order valence-corrected chi connectivity index (χ1v) is 6.21. The number of hydrogen-bond acceptors (Lipinski definition) is 4. The van der Waals surface area contributed by atoms with E-state index in [4.69, 9.17) is 19.6 Å². The van der Waals surface area contributed by atoms with E-state index in [2.05, 4.69) is 0 Å². The molecule has 0 saturated heterocycles. The first-order valence-electron chi connectivity index (χ1n) is 4.41. The van der Waals surface area contributed by atoms with Gasteiger partial charge in [0.25, 0.3) is 0 Å². The number of rotatable bonds is 4. The summed E-state index contributed by atoms with van der Waals surface area (Å²) in [6.07, 6.45) is -0.894. The van der Waals surface area contributed by atoms with E-state index >= 15 is 0 Å². The van der Waals surface area contributed by atoms with Crippen LogP contribution >= 0.6 is 7.60 Å².